The first-order chi connectivity index (χ1) is 8.04. The first kappa shape index (κ1) is 14.3. The molecule has 0 bridgehead atoms. The molecule has 0 aliphatic carbocycles. The fourth-order valence-corrected chi connectivity index (χ4v) is 1.70. The summed E-state index contributed by atoms with van der Waals surface area (Å²) in [4.78, 5) is 11.6. The number of nitrogens with one attached hydrogen (secondary N) is 2. The van der Waals surface area contributed by atoms with Crippen LogP contribution in [0.4, 0.5) is 5.69 Å². The Hall–Kier alpha value is -0.770. The summed E-state index contributed by atoms with van der Waals surface area (Å²) in [5.74, 6) is -0.152. The molecule has 0 heterocycles. The van der Waals surface area contributed by atoms with Crippen LogP contribution in [0.5, 0.6) is 0 Å². The Morgan fingerprint density at radius 2 is 1.94 bits per heavy atom. The molecule has 0 fully saturated rings. The Labute approximate surface area is 111 Å². The molecule has 0 saturated carbocycles. The lowest BCUT2D eigenvalue weighted by atomic mass is 10.2. The van der Waals surface area contributed by atoms with Gasteiger partial charge in [0.1, 0.15) is 0 Å². The molecule has 1 aromatic rings. The van der Waals surface area contributed by atoms with Crippen molar-refractivity contribution in [2.45, 2.75) is 26.3 Å². The summed E-state index contributed by atoms with van der Waals surface area (Å²) < 4.78 is 0. The number of rotatable bonds is 5. The van der Waals surface area contributed by atoms with Gasteiger partial charge in [-0.3, -0.25) is 4.79 Å². The van der Waals surface area contributed by atoms with Crippen LogP contribution in [0, 0.1) is 0 Å². The van der Waals surface area contributed by atoms with Crippen molar-refractivity contribution in [1.29, 1.82) is 0 Å². The van der Waals surface area contributed by atoms with Gasteiger partial charge >= 0.3 is 0 Å². The molecule has 1 unspecified atom stereocenters. The van der Waals surface area contributed by atoms with Gasteiger partial charge in [0, 0.05) is 6.04 Å². The molecule has 1 aromatic carbocycles. The van der Waals surface area contributed by atoms with Crippen LogP contribution < -0.4 is 10.6 Å². The van der Waals surface area contributed by atoms with Crippen molar-refractivity contribution in [3.63, 3.8) is 0 Å². The summed E-state index contributed by atoms with van der Waals surface area (Å²) >= 11 is 11.9. The molecule has 0 radical (unpaired) electrons. The van der Waals surface area contributed by atoms with E-state index in [2.05, 4.69) is 17.6 Å². The first-order valence-corrected chi connectivity index (χ1v) is 6.27. The number of amides is 1. The number of halogens is 2. The van der Waals surface area contributed by atoms with Gasteiger partial charge in [0.05, 0.1) is 22.3 Å². The van der Waals surface area contributed by atoms with E-state index >= 15 is 0 Å². The lowest BCUT2D eigenvalue weighted by molar-refractivity contribution is -0.115. The zero-order valence-corrected chi connectivity index (χ0v) is 11.4. The van der Waals surface area contributed by atoms with Gasteiger partial charge in [-0.1, -0.05) is 36.2 Å². The maximum Gasteiger partial charge on any atom is 0.238 e. The molecule has 17 heavy (non-hydrogen) atoms. The lowest BCUT2D eigenvalue weighted by Crippen LogP contribution is -2.34. The Kier molecular flexibility index (Phi) is 5.75. The average Bonchev–Trinajstić information content (AvgIpc) is 2.31. The van der Waals surface area contributed by atoms with Crippen molar-refractivity contribution < 1.29 is 4.79 Å². The molecular formula is C12H16Cl2N2O. The van der Waals surface area contributed by atoms with Crippen LogP contribution in [0.3, 0.4) is 0 Å². The van der Waals surface area contributed by atoms with E-state index in [-0.39, 0.29) is 12.5 Å². The number of hydrogen-bond acceptors (Lipinski definition) is 2. The highest BCUT2D eigenvalue weighted by molar-refractivity contribution is 6.39. The Morgan fingerprint density at radius 3 is 2.47 bits per heavy atom. The van der Waals surface area contributed by atoms with Crippen molar-refractivity contribution in [3.8, 4) is 0 Å². The Bertz CT molecular complexity index is 376. The monoisotopic (exact) mass is 274 g/mol. The van der Waals surface area contributed by atoms with E-state index in [1.807, 2.05) is 6.92 Å². The molecule has 0 aliphatic rings. The highest BCUT2D eigenvalue weighted by Crippen LogP contribution is 2.29. The van der Waals surface area contributed by atoms with Gasteiger partial charge in [0.25, 0.3) is 0 Å². The van der Waals surface area contributed by atoms with E-state index in [1.54, 1.807) is 18.2 Å². The van der Waals surface area contributed by atoms with Crippen LogP contribution in [-0.2, 0) is 4.79 Å². The fourth-order valence-electron chi connectivity index (χ4n) is 1.21. The van der Waals surface area contributed by atoms with Crippen LogP contribution in [0.15, 0.2) is 18.2 Å². The second kappa shape index (κ2) is 6.84. The maximum atomic E-state index is 11.6. The lowest BCUT2D eigenvalue weighted by Gasteiger charge is -2.12. The fraction of sp³-hybridized carbons (Fsp3) is 0.417. The van der Waals surface area contributed by atoms with E-state index in [0.717, 1.165) is 6.42 Å². The molecule has 2 N–H and O–H groups in total. The summed E-state index contributed by atoms with van der Waals surface area (Å²) in [6, 6.07) is 5.41. The quantitative estimate of drug-likeness (QED) is 0.865. The molecule has 0 saturated heterocycles. The van der Waals surface area contributed by atoms with E-state index in [4.69, 9.17) is 23.2 Å². The third kappa shape index (κ3) is 4.54. The summed E-state index contributed by atoms with van der Waals surface area (Å²) in [7, 11) is 0. The second-order valence-corrected chi connectivity index (χ2v) is 4.65. The van der Waals surface area contributed by atoms with Crippen molar-refractivity contribution in [1.82, 2.24) is 5.32 Å². The van der Waals surface area contributed by atoms with Gasteiger partial charge in [-0.2, -0.15) is 0 Å². The normalized spacial score (nSPS) is 12.2. The molecular weight excluding hydrogens is 259 g/mol. The minimum atomic E-state index is -0.152. The van der Waals surface area contributed by atoms with Gasteiger partial charge in [-0.15, -0.1) is 0 Å². The smallest absolute Gasteiger partial charge is 0.238 e. The van der Waals surface area contributed by atoms with Crippen molar-refractivity contribution in [2.24, 2.45) is 0 Å². The third-order valence-electron chi connectivity index (χ3n) is 2.45. The second-order valence-electron chi connectivity index (χ2n) is 3.84. The van der Waals surface area contributed by atoms with Gasteiger partial charge in [0.2, 0.25) is 5.91 Å². The zero-order valence-electron chi connectivity index (χ0n) is 9.89. The predicted molar refractivity (Wildman–Crippen MR) is 72.8 cm³/mol. The summed E-state index contributed by atoms with van der Waals surface area (Å²) in [5, 5.41) is 6.66. The standard InChI is InChI=1S/C12H16Cl2N2O/c1-3-8(2)15-7-11(17)16-12-9(13)5-4-6-10(12)14/h4-6,8,15H,3,7H2,1-2H3,(H,16,17). The topological polar surface area (TPSA) is 41.1 Å². The third-order valence-corrected chi connectivity index (χ3v) is 3.08. The minimum Gasteiger partial charge on any atom is -0.322 e. The van der Waals surface area contributed by atoms with Gasteiger partial charge in [0.15, 0.2) is 0 Å². The van der Waals surface area contributed by atoms with Crippen LogP contribution in [0.25, 0.3) is 0 Å². The van der Waals surface area contributed by atoms with Crippen LogP contribution in [0.2, 0.25) is 10.0 Å². The Morgan fingerprint density at radius 1 is 1.35 bits per heavy atom. The number of carbonyl (C=O) groups excluding carboxylic acids is 1. The molecule has 5 heteroatoms. The minimum absolute atomic E-state index is 0.152. The van der Waals surface area contributed by atoms with Gasteiger partial charge in [-0.05, 0) is 25.5 Å². The summed E-state index contributed by atoms with van der Waals surface area (Å²) in [6.45, 7) is 4.33. The number of hydrogen-bond donors (Lipinski definition) is 2. The van der Waals surface area contributed by atoms with Gasteiger partial charge < -0.3 is 10.6 Å². The van der Waals surface area contributed by atoms with E-state index in [1.165, 1.54) is 0 Å². The molecule has 94 valence electrons. The van der Waals surface area contributed by atoms with Crippen LogP contribution in [-0.4, -0.2) is 18.5 Å². The summed E-state index contributed by atoms with van der Waals surface area (Å²) in [5.41, 5.74) is 0.465. The van der Waals surface area contributed by atoms with Crippen LogP contribution in [0.1, 0.15) is 20.3 Å². The van der Waals surface area contributed by atoms with Crippen molar-refractivity contribution in [2.75, 3.05) is 11.9 Å². The van der Waals surface area contributed by atoms with E-state index in [0.29, 0.717) is 21.8 Å². The molecule has 1 amide bonds. The number of anilines is 1. The molecule has 3 nitrogen and oxygen atoms in total. The highest BCUT2D eigenvalue weighted by Gasteiger charge is 2.09. The zero-order chi connectivity index (χ0) is 12.8. The molecule has 0 spiro atoms. The Balaban J connectivity index is 2.56. The van der Waals surface area contributed by atoms with E-state index < -0.39 is 0 Å². The molecule has 1 rings (SSSR count). The molecule has 0 aliphatic heterocycles. The number of para-hydroxylation sites is 1. The first-order valence-electron chi connectivity index (χ1n) is 5.51. The van der Waals surface area contributed by atoms with E-state index in [9.17, 15) is 4.79 Å². The summed E-state index contributed by atoms with van der Waals surface area (Å²) in [6.07, 6.45) is 0.972. The average molecular weight is 275 g/mol. The van der Waals surface area contributed by atoms with Crippen LogP contribution >= 0.6 is 23.2 Å². The predicted octanol–water partition coefficient (Wildman–Crippen LogP) is 3.32. The van der Waals surface area contributed by atoms with Gasteiger partial charge in [-0.25, -0.2) is 0 Å². The largest absolute Gasteiger partial charge is 0.322 e. The number of carbonyl (C=O) groups is 1. The van der Waals surface area contributed by atoms with Crippen molar-refractivity contribution in [3.05, 3.63) is 28.2 Å². The molecule has 0 aromatic heterocycles. The SMILES string of the molecule is CCC(C)NCC(=O)Nc1c(Cl)cccc1Cl. The molecule has 1 atom stereocenters. The highest BCUT2D eigenvalue weighted by atomic mass is 35.5. The number of benzene rings is 1. The van der Waals surface area contributed by atoms with Crippen molar-refractivity contribution >= 4 is 34.8 Å². The maximum absolute atomic E-state index is 11.6.